The van der Waals surface area contributed by atoms with Gasteiger partial charge in [-0.15, -0.1) is 0 Å². The van der Waals surface area contributed by atoms with Crippen molar-refractivity contribution in [3.8, 4) is 0 Å². The third-order valence-corrected chi connectivity index (χ3v) is 18.1. The van der Waals surface area contributed by atoms with Crippen LogP contribution >= 0.6 is 15.6 Å². The van der Waals surface area contributed by atoms with Gasteiger partial charge in [-0.1, -0.05) is 287 Å². The second-order valence-electron chi connectivity index (χ2n) is 26.6. The molecule has 17 nitrogen and oxygen atoms in total. The van der Waals surface area contributed by atoms with Gasteiger partial charge in [0.25, 0.3) is 0 Å². The van der Waals surface area contributed by atoms with Crippen LogP contribution in [-0.2, 0) is 65.4 Å². The smallest absolute Gasteiger partial charge is 0.462 e. The van der Waals surface area contributed by atoms with Crippen LogP contribution in [-0.4, -0.2) is 96.7 Å². The molecule has 0 saturated heterocycles. The normalized spacial score (nSPS) is 14.6. The second-order valence-corrected chi connectivity index (χ2v) is 29.5. The van der Waals surface area contributed by atoms with Crippen LogP contribution in [0.1, 0.15) is 338 Å². The van der Waals surface area contributed by atoms with Crippen LogP contribution in [0.15, 0.2) is 0 Å². The molecule has 0 aromatic heterocycles. The van der Waals surface area contributed by atoms with Crippen molar-refractivity contribution in [2.24, 2.45) is 23.7 Å². The van der Waals surface area contributed by atoms with Crippen molar-refractivity contribution in [1.82, 2.24) is 0 Å². The van der Waals surface area contributed by atoms with Gasteiger partial charge in [0.1, 0.15) is 19.3 Å². The minimum Gasteiger partial charge on any atom is -0.462 e. The number of hydrogen-bond donors (Lipinski definition) is 3. The first-order chi connectivity index (χ1) is 42.1. The van der Waals surface area contributed by atoms with Crippen LogP contribution in [0.4, 0.5) is 0 Å². The van der Waals surface area contributed by atoms with Crippen LogP contribution in [0.2, 0.25) is 0 Å². The van der Waals surface area contributed by atoms with Crippen LogP contribution in [0.3, 0.4) is 0 Å². The molecule has 0 saturated carbocycles. The lowest BCUT2D eigenvalue weighted by Crippen LogP contribution is -2.30. The van der Waals surface area contributed by atoms with Gasteiger partial charge in [-0.2, -0.15) is 0 Å². The summed E-state index contributed by atoms with van der Waals surface area (Å²) >= 11 is 0. The Morgan fingerprint density at radius 2 is 0.545 bits per heavy atom. The number of aliphatic hydroxyl groups excluding tert-OH is 1. The third-order valence-electron chi connectivity index (χ3n) is 16.2. The van der Waals surface area contributed by atoms with Gasteiger partial charge in [0.15, 0.2) is 12.2 Å². The van der Waals surface area contributed by atoms with Gasteiger partial charge in [-0.05, 0) is 49.4 Å². The van der Waals surface area contributed by atoms with Crippen LogP contribution < -0.4 is 0 Å². The summed E-state index contributed by atoms with van der Waals surface area (Å²) in [5.74, 6) is 0.845. The molecular formula is C69H134O17P2. The van der Waals surface area contributed by atoms with E-state index in [2.05, 4.69) is 55.4 Å². The summed E-state index contributed by atoms with van der Waals surface area (Å²) in [6.45, 7) is 14.1. The molecule has 3 N–H and O–H groups in total. The molecule has 0 heterocycles. The minimum absolute atomic E-state index is 0.103. The topological polar surface area (TPSA) is 237 Å². The largest absolute Gasteiger partial charge is 0.472 e. The molecule has 0 aliphatic heterocycles. The number of hydrogen-bond acceptors (Lipinski definition) is 15. The van der Waals surface area contributed by atoms with Crippen molar-refractivity contribution < 1.29 is 80.2 Å². The molecule has 88 heavy (non-hydrogen) atoms. The van der Waals surface area contributed by atoms with Gasteiger partial charge in [0, 0.05) is 25.7 Å². The highest BCUT2D eigenvalue weighted by Crippen LogP contribution is 2.45. The van der Waals surface area contributed by atoms with Crippen molar-refractivity contribution >= 4 is 39.5 Å². The standard InChI is InChI=1S/C69H134O17P2/c1-9-62(8)48-40-32-24-17-19-25-33-41-49-66(71)79-55-64(85-68(73)51-43-35-26-15-13-11-10-12-14-21-29-37-45-59(2)3)57-83-87(75,76)81-53-63(70)54-82-88(77,78)84-58-65(56-80-67(72)50-42-34-28-20-23-31-39-47-61(6)7)86-69(74)52-44-36-27-18-16-22-30-38-46-60(4)5/h59-65,70H,9-58H2,1-8H3,(H,75,76)(H,77,78)/t62?,63?,64-,65-/m1/s1. The first kappa shape index (κ1) is 86.1. The molecular weight excluding hydrogens is 1160 g/mol. The summed E-state index contributed by atoms with van der Waals surface area (Å²) in [5.41, 5.74) is 0. The van der Waals surface area contributed by atoms with Crippen molar-refractivity contribution in [3.63, 3.8) is 0 Å². The van der Waals surface area contributed by atoms with E-state index in [1.807, 2.05) is 0 Å². The molecule has 0 rings (SSSR count). The summed E-state index contributed by atoms with van der Waals surface area (Å²) in [6, 6.07) is 0. The maximum absolute atomic E-state index is 13.0. The molecule has 0 bridgehead atoms. The Balaban J connectivity index is 5.26. The summed E-state index contributed by atoms with van der Waals surface area (Å²) < 4.78 is 68.2. The maximum Gasteiger partial charge on any atom is 0.472 e. The lowest BCUT2D eigenvalue weighted by atomic mass is 9.99. The quantitative estimate of drug-likeness (QED) is 0.0222. The molecule has 4 unspecified atom stereocenters. The molecule has 0 aliphatic carbocycles. The summed E-state index contributed by atoms with van der Waals surface area (Å²) in [7, 11) is -9.90. The predicted octanol–water partition coefficient (Wildman–Crippen LogP) is 19.3. The fourth-order valence-corrected chi connectivity index (χ4v) is 11.9. The Hall–Kier alpha value is -1.94. The molecule has 6 atom stereocenters. The first-order valence-electron chi connectivity index (χ1n) is 35.7. The zero-order valence-electron chi connectivity index (χ0n) is 57.3. The van der Waals surface area contributed by atoms with Gasteiger partial charge >= 0.3 is 39.5 Å². The van der Waals surface area contributed by atoms with E-state index in [-0.39, 0.29) is 25.7 Å². The van der Waals surface area contributed by atoms with E-state index in [1.165, 1.54) is 135 Å². The highest BCUT2D eigenvalue weighted by molar-refractivity contribution is 7.47. The highest BCUT2D eigenvalue weighted by Gasteiger charge is 2.30. The van der Waals surface area contributed by atoms with Gasteiger partial charge in [-0.25, -0.2) is 9.13 Å². The van der Waals surface area contributed by atoms with E-state index in [0.717, 1.165) is 114 Å². The Morgan fingerprint density at radius 3 is 0.807 bits per heavy atom. The van der Waals surface area contributed by atoms with E-state index < -0.39 is 97.5 Å². The Morgan fingerprint density at radius 1 is 0.318 bits per heavy atom. The Kier molecular flexibility index (Phi) is 57.6. The summed E-state index contributed by atoms with van der Waals surface area (Å²) in [5, 5.41) is 10.6. The number of rotatable bonds is 66. The van der Waals surface area contributed by atoms with Gasteiger partial charge in [-0.3, -0.25) is 37.3 Å². The molecule has 522 valence electrons. The van der Waals surface area contributed by atoms with Gasteiger partial charge in [0.2, 0.25) is 0 Å². The molecule has 0 spiro atoms. The number of phosphoric ester groups is 2. The lowest BCUT2D eigenvalue weighted by Gasteiger charge is -2.21. The van der Waals surface area contributed by atoms with E-state index in [1.54, 1.807) is 0 Å². The number of carbonyl (C=O) groups is 4. The molecule has 0 aromatic rings. The summed E-state index contributed by atoms with van der Waals surface area (Å²) in [6.07, 6.45) is 40.3. The zero-order chi connectivity index (χ0) is 65.4. The number of aliphatic hydroxyl groups is 1. The monoisotopic (exact) mass is 1300 g/mol. The molecule has 0 aliphatic rings. The SMILES string of the molecule is CCC(C)CCCCCCCCCCC(=O)OC[C@H](COP(=O)(O)OCC(O)COP(=O)(O)OC[C@@H](COC(=O)CCCCCCCCCC(C)C)OC(=O)CCCCCCCCCCC(C)C)OC(=O)CCCCCCCCCCCCCCC(C)C. The first-order valence-corrected chi connectivity index (χ1v) is 38.7. The molecule has 0 aromatic carbocycles. The molecule has 0 amide bonds. The lowest BCUT2D eigenvalue weighted by molar-refractivity contribution is -0.161. The van der Waals surface area contributed by atoms with Crippen LogP contribution in [0.25, 0.3) is 0 Å². The molecule has 19 heteroatoms. The average molecular weight is 1300 g/mol. The predicted molar refractivity (Wildman–Crippen MR) is 354 cm³/mol. The summed E-state index contributed by atoms with van der Waals surface area (Å²) in [4.78, 5) is 72.5. The van der Waals surface area contributed by atoms with Crippen molar-refractivity contribution in [1.29, 1.82) is 0 Å². The Bertz CT molecular complexity index is 1750. The fourth-order valence-electron chi connectivity index (χ4n) is 10.3. The number of phosphoric acid groups is 2. The third kappa shape index (κ3) is 61.6. The van der Waals surface area contributed by atoms with E-state index in [4.69, 9.17) is 37.0 Å². The molecule has 0 radical (unpaired) electrons. The van der Waals surface area contributed by atoms with E-state index in [0.29, 0.717) is 31.6 Å². The van der Waals surface area contributed by atoms with Crippen molar-refractivity contribution in [3.05, 3.63) is 0 Å². The van der Waals surface area contributed by atoms with E-state index in [9.17, 15) is 43.2 Å². The number of carbonyl (C=O) groups excluding carboxylic acids is 4. The number of esters is 4. The van der Waals surface area contributed by atoms with Gasteiger partial charge in [0.05, 0.1) is 26.4 Å². The van der Waals surface area contributed by atoms with E-state index >= 15 is 0 Å². The zero-order valence-corrected chi connectivity index (χ0v) is 59.1. The highest BCUT2D eigenvalue weighted by atomic mass is 31.2. The van der Waals surface area contributed by atoms with Crippen molar-refractivity contribution in [2.75, 3.05) is 39.6 Å². The van der Waals surface area contributed by atoms with Crippen molar-refractivity contribution in [2.45, 2.75) is 356 Å². The van der Waals surface area contributed by atoms with Crippen LogP contribution in [0.5, 0.6) is 0 Å². The number of ether oxygens (including phenoxy) is 4. The average Bonchev–Trinajstić information content (AvgIpc) is 3.55. The van der Waals surface area contributed by atoms with Gasteiger partial charge < -0.3 is 33.8 Å². The minimum atomic E-state index is -4.95. The van der Waals surface area contributed by atoms with Crippen LogP contribution in [0, 0.1) is 23.7 Å². The molecule has 0 fully saturated rings. The number of unbranched alkanes of at least 4 members (excludes halogenated alkanes) is 31. The fraction of sp³-hybridized carbons (Fsp3) is 0.942. The second kappa shape index (κ2) is 58.8. The Labute approximate surface area is 537 Å². The maximum atomic E-state index is 13.0.